The number of hydrogen-bond acceptors (Lipinski definition) is 2. The molecular formula is C17H16FNO. The van der Waals surface area contributed by atoms with E-state index in [-0.39, 0.29) is 17.2 Å². The van der Waals surface area contributed by atoms with Crippen LogP contribution in [0.25, 0.3) is 0 Å². The number of aldehydes is 1. The normalized spacial score (nSPS) is 18.1. The molecule has 102 valence electrons. The number of pyridine rings is 1. The van der Waals surface area contributed by atoms with Gasteiger partial charge < -0.3 is 4.79 Å². The van der Waals surface area contributed by atoms with E-state index in [0.717, 1.165) is 36.8 Å². The van der Waals surface area contributed by atoms with Crippen LogP contribution in [-0.4, -0.2) is 11.3 Å². The van der Waals surface area contributed by atoms with E-state index in [1.54, 1.807) is 18.3 Å². The number of hydrogen-bond donors (Lipinski definition) is 0. The molecule has 20 heavy (non-hydrogen) atoms. The second-order valence-electron chi connectivity index (χ2n) is 5.39. The summed E-state index contributed by atoms with van der Waals surface area (Å²) in [4.78, 5) is 16.0. The Morgan fingerprint density at radius 3 is 2.60 bits per heavy atom. The summed E-state index contributed by atoms with van der Waals surface area (Å²) in [5, 5.41) is 0. The van der Waals surface area contributed by atoms with E-state index >= 15 is 0 Å². The van der Waals surface area contributed by atoms with Crippen molar-refractivity contribution in [3.05, 3.63) is 65.7 Å². The number of halogens is 1. The molecule has 1 unspecified atom stereocenters. The first-order chi connectivity index (χ1) is 9.76. The SMILES string of the molecule is O=CC(c1ccccn1)C1(c2cccc(F)c2)CCC1. The first-order valence-electron chi connectivity index (χ1n) is 6.88. The van der Waals surface area contributed by atoms with Crippen LogP contribution in [0, 0.1) is 5.82 Å². The maximum atomic E-state index is 13.5. The first-order valence-corrected chi connectivity index (χ1v) is 6.88. The summed E-state index contributed by atoms with van der Waals surface area (Å²) in [6.07, 6.45) is 5.52. The molecule has 1 aliphatic rings. The van der Waals surface area contributed by atoms with E-state index < -0.39 is 0 Å². The Hall–Kier alpha value is -2.03. The second kappa shape index (κ2) is 5.16. The minimum Gasteiger partial charge on any atom is -0.303 e. The van der Waals surface area contributed by atoms with Gasteiger partial charge in [-0.2, -0.15) is 0 Å². The molecular weight excluding hydrogens is 253 g/mol. The van der Waals surface area contributed by atoms with Gasteiger partial charge in [-0.3, -0.25) is 4.98 Å². The van der Waals surface area contributed by atoms with Crippen LogP contribution in [0.15, 0.2) is 48.7 Å². The van der Waals surface area contributed by atoms with Gasteiger partial charge in [0.25, 0.3) is 0 Å². The van der Waals surface area contributed by atoms with Crippen molar-refractivity contribution in [2.24, 2.45) is 0 Å². The van der Waals surface area contributed by atoms with Crippen molar-refractivity contribution in [2.45, 2.75) is 30.6 Å². The molecule has 0 spiro atoms. The number of aromatic nitrogens is 1. The van der Waals surface area contributed by atoms with Crippen LogP contribution in [0.3, 0.4) is 0 Å². The van der Waals surface area contributed by atoms with Crippen molar-refractivity contribution in [1.29, 1.82) is 0 Å². The summed E-state index contributed by atoms with van der Waals surface area (Å²) in [7, 11) is 0. The third-order valence-electron chi connectivity index (χ3n) is 4.38. The molecule has 2 nitrogen and oxygen atoms in total. The van der Waals surface area contributed by atoms with Gasteiger partial charge in [0, 0.05) is 11.6 Å². The maximum absolute atomic E-state index is 13.5. The van der Waals surface area contributed by atoms with E-state index in [1.807, 2.05) is 24.3 Å². The van der Waals surface area contributed by atoms with Gasteiger partial charge in [-0.05, 0) is 42.7 Å². The Balaban J connectivity index is 2.05. The molecule has 1 atom stereocenters. The smallest absolute Gasteiger partial charge is 0.129 e. The lowest BCUT2D eigenvalue weighted by atomic mass is 9.57. The van der Waals surface area contributed by atoms with Crippen LogP contribution >= 0.6 is 0 Å². The summed E-state index contributed by atoms with van der Waals surface area (Å²) < 4.78 is 13.5. The third kappa shape index (κ3) is 2.03. The molecule has 3 rings (SSSR count). The van der Waals surface area contributed by atoms with Gasteiger partial charge in [-0.25, -0.2) is 4.39 Å². The highest BCUT2D eigenvalue weighted by molar-refractivity contribution is 5.66. The maximum Gasteiger partial charge on any atom is 0.129 e. The molecule has 1 fully saturated rings. The van der Waals surface area contributed by atoms with Crippen LogP contribution in [0.4, 0.5) is 4.39 Å². The van der Waals surface area contributed by atoms with Gasteiger partial charge in [-0.15, -0.1) is 0 Å². The van der Waals surface area contributed by atoms with Gasteiger partial charge in [0.1, 0.15) is 12.1 Å². The monoisotopic (exact) mass is 269 g/mol. The molecule has 1 heterocycles. The number of benzene rings is 1. The zero-order chi connectivity index (χ0) is 14.0. The highest BCUT2D eigenvalue weighted by Gasteiger charge is 2.46. The van der Waals surface area contributed by atoms with E-state index in [0.29, 0.717) is 0 Å². The molecule has 0 amide bonds. The average molecular weight is 269 g/mol. The standard InChI is InChI=1S/C17H16FNO/c18-14-6-3-5-13(11-14)17(8-4-9-17)15(12-20)16-7-1-2-10-19-16/h1-3,5-7,10-12,15H,4,8-9H2. The van der Waals surface area contributed by atoms with Crippen molar-refractivity contribution in [1.82, 2.24) is 4.98 Å². The Morgan fingerprint density at radius 1 is 1.20 bits per heavy atom. The van der Waals surface area contributed by atoms with Crippen LogP contribution in [0.1, 0.15) is 36.4 Å². The minimum atomic E-state index is -0.306. The largest absolute Gasteiger partial charge is 0.303 e. The van der Waals surface area contributed by atoms with Crippen molar-refractivity contribution in [3.63, 3.8) is 0 Å². The highest BCUT2D eigenvalue weighted by Crippen LogP contribution is 2.52. The van der Waals surface area contributed by atoms with Crippen molar-refractivity contribution in [3.8, 4) is 0 Å². The zero-order valence-electron chi connectivity index (χ0n) is 11.1. The van der Waals surface area contributed by atoms with Crippen LogP contribution < -0.4 is 0 Å². The van der Waals surface area contributed by atoms with Gasteiger partial charge in [0.2, 0.25) is 0 Å². The Bertz CT molecular complexity index is 607. The van der Waals surface area contributed by atoms with E-state index in [4.69, 9.17) is 0 Å². The predicted octanol–water partition coefficient (Wildman–Crippen LogP) is 3.63. The van der Waals surface area contributed by atoms with E-state index in [9.17, 15) is 9.18 Å². The molecule has 0 aliphatic heterocycles. The molecule has 1 saturated carbocycles. The lowest BCUT2D eigenvalue weighted by molar-refractivity contribution is -0.111. The van der Waals surface area contributed by atoms with E-state index in [1.165, 1.54) is 6.07 Å². The fraction of sp³-hybridized carbons (Fsp3) is 0.294. The first kappa shape index (κ1) is 13.0. The van der Waals surface area contributed by atoms with E-state index in [2.05, 4.69) is 4.98 Å². The molecule has 0 radical (unpaired) electrons. The van der Waals surface area contributed by atoms with Gasteiger partial charge >= 0.3 is 0 Å². The summed E-state index contributed by atoms with van der Waals surface area (Å²) in [6.45, 7) is 0. The Morgan fingerprint density at radius 2 is 2.05 bits per heavy atom. The fourth-order valence-electron chi connectivity index (χ4n) is 3.18. The van der Waals surface area contributed by atoms with Gasteiger partial charge in [-0.1, -0.05) is 24.6 Å². The Labute approximate surface area is 117 Å². The number of rotatable bonds is 4. The fourth-order valence-corrected chi connectivity index (χ4v) is 3.18. The third-order valence-corrected chi connectivity index (χ3v) is 4.38. The summed E-state index contributed by atoms with van der Waals surface area (Å²) in [5.74, 6) is -0.557. The van der Waals surface area contributed by atoms with Crippen molar-refractivity contribution < 1.29 is 9.18 Å². The number of nitrogens with zero attached hydrogens (tertiary/aromatic N) is 1. The molecule has 0 bridgehead atoms. The van der Waals surface area contributed by atoms with Crippen LogP contribution in [0.2, 0.25) is 0 Å². The molecule has 1 aliphatic carbocycles. The average Bonchev–Trinajstić information content (AvgIpc) is 2.43. The minimum absolute atomic E-state index is 0.251. The molecule has 1 aromatic carbocycles. The van der Waals surface area contributed by atoms with Gasteiger partial charge in [0.05, 0.1) is 11.6 Å². The molecule has 3 heteroatoms. The lowest BCUT2D eigenvalue weighted by Gasteiger charge is -2.46. The predicted molar refractivity (Wildman–Crippen MR) is 75.0 cm³/mol. The zero-order valence-corrected chi connectivity index (χ0v) is 11.1. The number of carbonyl (C=O) groups is 1. The lowest BCUT2D eigenvalue weighted by Crippen LogP contribution is -2.41. The quantitative estimate of drug-likeness (QED) is 0.793. The van der Waals surface area contributed by atoms with Crippen molar-refractivity contribution in [2.75, 3.05) is 0 Å². The van der Waals surface area contributed by atoms with Crippen molar-refractivity contribution >= 4 is 6.29 Å². The molecule has 2 aromatic rings. The van der Waals surface area contributed by atoms with Crippen LogP contribution in [-0.2, 0) is 10.2 Å². The second-order valence-corrected chi connectivity index (χ2v) is 5.39. The summed E-state index contributed by atoms with van der Waals surface area (Å²) >= 11 is 0. The molecule has 0 saturated heterocycles. The Kier molecular flexibility index (Phi) is 3.35. The summed E-state index contributed by atoms with van der Waals surface area (Å²) in [6, 6.07) is 12.2. The van der Waals surface area contributed by atoms with Crippen LogP contribution in [0.5, 0.6) is 0 Å². The summed E-state index contributed by atoms with van der Waals surface area (Å²) in [5.41, 5.74) is 1.39. The topological polar surface area (TPSA) is 30.0 Å². The molecule has 0 N–H and O–H groups in total. The number of carbonyl (C=O) groups excluding carboxylic acids is 1. The highest BCUT2D eigenvalue weighted by atomic mass is 19.1. The molecule has 1 aromatic heterocycles. The van der Waals surface area contributed by atoms with Gasteiger partial charge in [0.15, 0.2) is 0 Å².